The molecule has 3 nitrogen and oxygen atoms in total. The zero-order valence-corrected chi connectivity index (χ0v) is 12.0. The smallest absolute Gasteiger partial charge is 0.330 e. The molecule has 2 rings (SSSR count). The van der Waals surface area contributed by atoms with E-state index in [1.165, 1.54) is 12.1 Å². The predicted octanol–water partition coefficient (Wildman–Crippen LogP) is 3.07. The lowest BCUT2D eigenvalue weighted by Crippen LogP contribution is -2.13. The van der Waals surface area contributed by atoms with Gasteiger partial charge in [0, 0.05) is 5.69 Å². The fourth-order valence-electron chi connectivity index (χ4n) is 2.49. The highest BCUT2D eigenvalue weighted by Crippen LogP contribution is 2.32. The van der Waals surface area contributed by atoms with Gasteiger partial charge < -0.3 is 5.73 Å². The number of nitrogens with two attached hydrogens (primary N) is 1. The van der Waals surface area contributed by atoms with Crippen molar-refractivity contribution in [3.05, 3.63) is 52.3 Å². The topological polar surface area (TPSA) is 43.8 Å². The second kappa shape index (κ2) is 5.89. The van der Waals surface area contributed by atoms with Gasteiger partial charge in [-0.2, -0.15) is 18.3 Å². The summed E-state index contributed by atoms with van der Waals surface area (Å²) in [7, 11) is 0. The number of benzene rings is 1. The molecular formula is C15H18F3N3. The lowest BCUT2D eigenvalue weighted by atomic mass is 10.1. The van der Waals surface area contributed by atoms with Gasteiger partial charge in [-0.05, 0) is 44.0 Å². The highest BCUT2D eigenvalue weighted by atomic mass is 19.4. The fourth-order valence-corrected chi connectivity index (χ4v) is 2.49. The Morgan fingerprint density at radius 1 is 1.19 bits per heavy atom. The molecule has 114 valence electrons. The first-order valence-electron chi connectivity index (χ1n) is 6.72. The van der Waals surface area contributed by atoms with Crippen molar-refractivity contribution in [2.24, 2.45) is 5.73 Å². The van der Waals surface area contributed by atoms with Crippen molar-refractivity contribution in [3.63, 3.8) is 0 Å². The Morgan fingerprint density at radius 3 is 2.48 bits per heavy atom. The van der Waals surface area contributed by atoms with E-state index < -0.39 is 11.7 Å². The van der Waals surface area contributed by atoms with Gasteiger partial charge in [-0.15, -0.1) is 0 Å². The van der Waals surface area contributed by atoms with E-state index >= 15 is 0 Å². The number of hydrogen-bond acceptors (Lipinski definition) is 2. The first-order valence-corrected chi connectivity index (χ1v) is 6.72. The minimum Gasteiger partial charge on any atom is -0.330 e. The average Bonchev–Trinajstić information content (AvgIpc) is 2.66. The molecule has 0 saturated carbocycles. The summed E-state index contributed by atoms with van der Waals surface area (Å²) in [5, 5.41) is 4.34. The normalized spacial score (nSPS) is 11.9. The molecule has 1 heterocycles. The van der Waals surface area contributed by atoms with Crippen LogP contribution in [0.15, 0.2) is 24.3 Å². The minimum atomic E-state index is -4.35. The number of rotatable bonds is 4. The van der Waals surface area contributed by atoms with Gasteiger partial charge >= 0.3 is 6.18 Å². The number of halogens is 3. The largest absolute Gasteiger partial charge is 0.416 e. The van der Waals surface area contributed by atoms with Crippen molar-refractivity contribution in [2.45, 2.75) is 33.0 Å². The van der Waals surface area contributed by atoms with Crippen LogP contribution in [0.2, 0.25) is 0 Å². The summed E-state index contributed by atoms with van der Waals surface area (Å²) in [6.45, 7) is 4.31. The molecule has 0 aliphatic rings. The van der Waals surface area contributed by atoms with Gasteiger partial charge in [0.2, 0.25) is 0 Å². The third kappa shape index (κ3) is 3.26. The van der Waals surface area contributed by atoms with Crippen LogP contribution >= 0.6 is 0 Å². The summed E-state index contributed by atoms with van der Waals surface area (Å²) < 4.78 is 40.6. The van der Waals surface area contributed by atoms with Crippen LogP contribution in [0.5, 0.6) is 0 Å². The van der Waals surface area contributed by atoms with Gasteiger partial charge in [0.25, 0.3) is 0 Å². The molecule has 0 unspecified atom stereocenters. The SMILES string of the molecule is Cc1nn(Cc2ccccc2C(F)(F)F)c(C)c1CCN. The predicted molar refractivity (Wildman–Crippen MR) is 75.0 cm³/mol. The maximum absolute atomic E-state index is 13.0. The Hall–Kier alpha value is -1.82. The molecule has 0 saturated heterocycles. The van der Waals surface area contributed by atoms with Gasteiger partial charge in [-0.1, -0.05) is 18.2 Å². The van der Waals surface area contributed by atoms with Gasteiger partial charge in [0.15, 0.2) is 0 Å². The van der Waals surface area contributed by atoms with E-state index in [1.54, 1.807) is 10.7 Å². The van der Waals surface area contributed by atoms with Crippen molar-refractivity contribution >= 4 is 0 Å². The van der Waals surface area contributed by atoms with Crippen LogP contribution in [0.1, 0.15) is 28.1 Å². The van der Waals surface area contributed by atoms with Crippen LogP contribution in [0, 0.1) is 13.8 Å². The van der Waals surface area contributed by atoms with Crippen molar-refractivity contribution in [1.29, 1.82) is 0 Å². The number of aryl methyl sites for hydroxylation is 1. The van der Waals surface area contributed by atoms with Crippen LogP contribution in [-0.4, -0.2) is 16.3 Å². The average molecular weight is 297 g/mol. The molecule has 0 aliphatic carbocycles. The summed E-state index contributed by atoms with van der Waals surface area (Å²) >= 11 is 0. The third-order valence-corrected chi connectivity index (χ3v) is 3.57. The maximum atomic E-state index is 13.0. The molecular weight excluding hydrogens is 279 g/mol. The van der Waals surface area contributed by atoms with Crippen molar-refractivity contribution < 1.29 is 13.2 Å². The lowest BCUT2D eigenvalue weighted by Gasteiger charge is -2.13. The third-order valence-electron chi connectivity index (χ3n) is 3.57. The monoisotopic (exact) mass is 297 g/mol. The van der Waals surface area contributed by atoms with Crippen LogP contribution in [0.25, 0.3) is 0 Å². The molecule has 0 amide bonds. The van der Waals surface area contributed by atoms with Gasteiger partial charge in [-0.3, -0.25) is 4.68 Å². The Kier molecular flexibility index (Phi) is 4.37. The quantitative estimate of drug-likeness (QED) is 0.942. The molecule has 0 radical (unpaired) electrons. The molecule has 6 heteroatoms. The zero-order chi connectivity index (χ0) is 15.6. The second-order valence-electron chi connectivity index (χ2n) is 5.00. The first-order chi connectivity index (χ1) is 9.84. The standard InChI is InChI=1S/C15H18F3N3/c1-10-13(7-8-19)11(2)21(20-10)9-12-5-3-4-6-14(12)15(16,17)18/h3-6H,7-9,19H2,1-2H3. The van der Waals surface area contributed by atoms with E-state index in [9.17, 15) is 13.2 Å². The van der Waals surface area contributed by atoms with Crippen LogP contribution in [0.3, 0.4) is 0 Å². The molecule has 2 aromatic rings. The number of hydrogen-bond donors (Lipinski definition) is 1. The van der Waals surface area contributed by atoms with E-state index in [2.05, 4.69) is 5.10 Å². The Labute approximate surface area is 121 Å². The van der Waals surface area contributed by atoms with Crippen LogP contribution in [0.4, 0.5) is 13.2 Å². The van der Waals surface area contributed by atoms with Crippen molar-refractivity contribution in [3.8, 4) is 0 Å². The summed E-state index contributed by atoms with van der Waals surface area (Å²) in [5.41, 5.74) is 7.87. The fraction of sp³-hybridized carbons (Fsp3) is 0.400. The molecule has 0 aliphatic heterocycles. The highest BCUT2D eigenvalue weighted by molar-refractivity contribution is 5.31. The lowest BCUT2D eigenvalue weighted by molar-refractivity contribution is -0.138. The number of aromatic nitrogens is 2. The van der Waals surface area contributed by atoms with E-state index in [0.29, 0.717) is 13.0 Å². The number of alkyl halides is 3. The summed E-state index contributed by atoms with van der Waals surface area (Å²) in [4.78, 5) is 0. The molecule has 21 heavy (non-hydrogen) atoms. The molecule has 1 aromatic heterocycles. The molecule has 0 spiro atoms. The summed E-state index contributed by atoms with van der Waals surface area (Å²) in [6.07, 6.45) is -3.68. The van der Waals surface area contributed by atoms with E-state index in [-0.39, 0.29) is 12.1 Å². The zero-order valence-electron chi connectivity index (χ0n) is 12.0. The van der Waals surface area contributed by atoms with Crippen molar-refractivity contribution in [1.82, 2.24) is 9.78 Å². The van der Waals surface area contributed by atoms with Crippen molar-refractivity contribution in [2.75, 3.05) is 6.54 Å². The van der Waals surface area contributed by atoms with Gasteiger partial charge in [-0.25, -0.2) is 0 Å². The molecule has 1 aromatic carbocycles. The first kappa shape index (κ1) is 15.6. The van der Waals surface area contributed by atoms with Gasteiger partial charge in [0.1, 0.15) is 0 Å². The summed E-state index contributed by atoms with van der Waals surface area (Å²) in [5.74, 6) is 0. The Morgan fingerprint density at radius 2 is 1.86 bits per heavy atom. The second-order valence-corrected chi connectivity index (χ2v) is 5.00. The minimum absolute atomic E-state index is 0.104. The Balaban J connectivity index is 2.38. The van der Waals surface area contributed by atoms with Crippen LogP contribution in [-0.2, 0) is 19.1 Å². The highest BCUT2D eigenvalue weighted by Gasteiger charge is 2.33. The van der Waals surface area contributed by atoms with Crippen LogP contribution < -0.4 is 5.73 Å². The molecule has 0 bridgehead atoms. The van der Waals surface area contributed by atoms with Gasteiger partial charge in [0.05, 0.1) is 17.8 Å². The summed E-state index contributed by atoms with van der Waals surface area (Å²) in [6, 6.07) is 5.59. The molecule has 2 N–H and O–H groups in total. The Bertz CT molecular complexity index is 630. The van der Waals surface area contributed by atoms with E-state index in [1.807, 2.05) is 13.8 Å². The van der Waals surface area contributed by atoms with E-state index in [4.69, 9.17) is 5.73 Å². The molecule has 0 atom stereocenters. The maximum Gasteiger partial charge on any atom is 0.416 e. The molecule has 0 fully saturated rings. The van der Waals surface area contributed by atoms with E-state index in [0.717, 1.165) is 23.0 Å². The number of nitrogens with zero attached hydrogens (tertiary/aromatic N) is 2.